The van der Waals surface area contributed by atoms with Gasteiger partial charge in [0.1, 0.15) is 18.1 Å². The van der Waals surface area contributed by atoms with Crippen LogP contribution in [0, 0.1) is 0 Å². The second kappa shape index (κ2) is 10.3. The summed E-state index contributed by atoms with van der Waals surface area (Å²) in [7, 11) is 1.57. The van der Waals surface area contributed by atoms with Crippen molar-refractivity contribution in [3.05, 3.63) is 95.6 Å². The van der Waals surface area contributed by atoms with E-state index < -0.39 is 11.9 Å². The van der Waals surface area contributed by atoms with E-state index in [4.69, 9.17) is 14.6 Å². The van der Waals surface area contributed by atoms with E-state index in [-0.39, 0.29) is 18.6 Å². The lowest BCUT2D eigenvalue weighted by molar-refractivity contribution is -0.137. The molecular formula is C25H24O5. The normalized spacial score (nSPS) is 11.5. The van der Waals surface area contributed by atoms with Gasteiger partial charge in [0.05, 0.1) is 7.11 Å². The Bertz CT molecular complexity index is 980. The third kappa shape index (κ3) is 5.70. The number of rotatable bonds is 10. The Balaban J connectivity index is 1.79. The molecule has 0 spiro atoms. The fraction of sp³-hybridized carbons (Fsp3) is 0.200. The van der Waals surface area contributed by atoms with E-state index >= 15 is 0 Å². The number of Topliss-reactive ketones (excluding diaryl/α,β-unsaturated/α-hetero) is 1. The fourth-order valence-electron chi connectivity index (χ4n) is 3.23. The summed E-state index contributed by atoms with van der Waals surface area (Å²) in [6.07, 6.45) is 0.127. The maximum Gasteiger partial charge on any atom is 0.303 e. The summed E-state index contributed by atoms with van der Waals surface area (Å²) in [5, 5.41) is 9.11. The molecule has 1 atom stereocenters. The highest BCUT2D eigenvalue weighted by atomic mass is 16.5. The van der Waals surface area contributed by atoms with Gasteiger partial charge in [-0.15, -0.1) is 0 Å². The minimum atomic E-state index is -0.929. The molecule has 0 aliphatic rings. The first kappa shape index (κ1) is 21.1. The van der Waals surface area contributed by atoms with Gasteiger partial charge in [-0.2, -0.15) is 0 Å². The number of carbonyl (C=O) groups excluding carboxylic acids is 1. The number of hydrogen-bond donors (Lipinski definition) is 1. The van der Waals surface area contributed by atoms with Crippen molar-refractivity contribution in [1.29, 1.82) is 0 Å². The van der Waals surface area contributed by atoms with E-state index in [1.54, 1.807) is 55.6 Å². The molecule has 0 aliphatic carbocycles. The van der Waals surface area contributed by atoms with Gasteiger partial charge < -0.3 is 14.6 Å². The standard InChI is InChI=1S/C25H24O5/c1-29-21-12-10-19(11-13-21)23(14-15-24(26)27)25(28)20-8-5-9-22(16-20)30-17-18-6-3-2-4-7-18/h2-13,16,23H,14-15,17H2,1H3,(H,26,27)/t23-/m0/s1. The molecule has 3 rings (SSSR count). The molecule has 3 aromatic rings. The molecule has 1 N–H and O–H groups in total. The lowest BCUT2D eigenvalue weighted by Gasteiger charge is -2.17. The first-order chi connectivity index (χ1) is 14.6. The summed E-state index contributed by atoms with van der Waals surface area (Å²) in [6.45, 7) is 0.402. The van der Waals surface area contributed by atoms with Gasteiger partial charge in [-0.1, -0.05) is 54.6 Å². The number of carboxylic acid groups (broad SMARTS) is 1. The van der Waals surface area contributed by atoms with Crippen LogP contribution in [0.4, 0.5) is 0 Å². The van der Waals surface area contributed by atoms with Crippen molar-refractivity contribution in [1.82, 2.24) is 0 Å². The van der Waals surface area contributed by atoms with Crippen molar-refractivity contribution in [2.75, 3.05) is 7.11 Å². The van der Waals surface area contributed by atoms with E-state index in [1.807, 2.05) is 30.3 Å². The summed E-state index contributed by atoms with van der Waals surface area (Å²) in [5.41, 5.74) is 2.29. The lowest BCUT2D eigenvalue weighted by atomic mass is 9.87. The van der Waals surface area contributed by atoms with E-state index in [0.29, 0.717) is 23.7 Å². The molecule has 0 saturated heterocycles. The van der Waals surface area contributed by atoms with Gasteiger partial charge in [0.2, 0.25) is 0 Å². The van der Waals surface area contributed by atoms with Crippen LogP contribution in [0.25, 0.3) is 0 Å². The van der Waals surface area contributed by atoms with Gasteiger partial charge >= 0.3 is 5.97 Å². The highest BCUT2D eigenvalue weighted by Gasteiger charge is 2.23. The predicted octanol–water partition coefficient (Wildman–Crippen LogP) is 5.11. The van der Waals surface area contributed by atoms with Gasteiger partial charge in [-0.3, -0.25) is 9.59 Å². The zero-order valence-electron chi connectivity index (χ0n) is 16.8. The molecule has 154 valence electrons. The van der Waals surface area contributed by atoms with Crippen LogP contribution >= 0.6 is 0 Å². The SMILES string of the molecule is COc1ccc([C@H](CCC(=O)O)C(=O)c2cccc(OCc3ccccc3)c2)cc1. The average molecular weight is 404 g/mol. The van der Waals surface area contributed by atoms with Crippen molar-refractivity contribution in [3.8, 4) is 11.5 Å². The highest BCUT2D eigenvalue weighted by molar-refractivity contribution is 6.01. The molecule has 0 saturated carbocycles. The van der Waals surface area contributed by atoms with Crippen LogP contribution < -0.4 is 9.47 Å². The smallest absolute Gasteiger partial charge is 0.303 e. The zero-order chi connectivity index (χ0) is 21.3. The van der Waals surface area contributed by atoms with Gasteiger partial charge in [-0.25, -0.2) is 0 Å². The molecule has 0 amide bonds. The monoisotopic (exact) mass is 404 g/mol. The molecule has 30 heavy (non-hydrogen) atoms. The van der Waals surface area contributed by atoms with Crippen molar-refractivity contribution >= 4 is 11.8 Å². The predicted molar refractivity (Wildman–Crippen MR) is 114 cm³/mol. The van der Waals surface area contributed by atoms with Crippen molar-refractivity contribution in [2.24, 2.45) is 0 Å². The molecule has 0 aromatic heterocycles. The molecule has 0 aliphatic heterocycles. The molecule has 0 heterocycles. The Hall–Kier alpha value is -3.60. The van der Waals surface area contributed by atoms with Crippen molar-refractivity contribution < 1.29 is 24.2 Å². The summed E-state index contributed by atoms with van der Waals surface area (Å²) in [6, 6.07) is 24.0. The molecule has 3 aromatic carbocycles. The minimum absolute atomic E-state index is 0.0906. The van der Waals surface area contributed by atoms with Crippen molar-refractivity contribution in [3.63, 3.8) is 0 Å². The van der Waals surface area contributed by atoms with Gasteiger partial charge in [0.25, 0.3) is 0 Å². The van der Waals surface area contributed by atoms with Crippen LogP contribution in [0.2, 0.25) is 0 Å². The molecule has 5 nitrogen and oxygen atoms in total. The Morgan fingerprint density at radius 2 is 1.63 bits per heavy atom. The second-order valence-corrected chi connectivity index (χ2v) is 6.92. The Kier molecular flexibility index (Phi) is 7.22. The van der Waals surface area contributed by atoms with Crippen molar-refractivity contribution in [2.45, 2.75) is 25.4 Å². The number of carbonyl (C=O) groups is 2. The van der Waals surface area contributed by atoms with E-state index in [0.717, 1.165) is 11.1 Å². The van der Waals surface area contributed by atoms with E-state index in [2.05, 4.69) is 0 Å². The van der Waals surface area contributed by atoms with Gasteiger partial charge in [0, 0.05) is 17.9 Å². The van der Waals surface area contributed by atoms with Gasteiger partial charge in [-0.05, 0) is 41.8 Å². The molecule has 0 unspecified atom stereocenters. The summed E-state index contributed by atoms with van der Waals surface area (Å²) in [4.78, 5) is 24.4. The number of carboxylic acids is 1. The topological polar surface area (TPSA) is 72.8 Å². The summed E-state index contributed by atoms with van der Waals surface area (Å²) < 4.78 is 11.0. The van der Waals surface area contributed by atoms with Crippen LogP contribution in [-0.2, 0) is 11.4 Å². The molecule has 5 heteroatoms. The van der Waals surface area contributed by atoms with E-state index in [1.165, 1.54) is 0 Å². The zero-order valence-corrected chi connectivity index (χ0v) is 16.8. The quantitative estimate of drug-likeness (QED) is 0.476. The first-order valence-electron chi connectivity index (χ1n) is 9.73. The maximum absolute atomic E-state index is 13.3. The molecule has 0 fully saturated rings. The first-order valence-corrected chi connectivity index (χ1v) is 9.73. The Morgan fingerprint density at radius 3 is 2.30 bits per heavy atom. The Morgan fingerprint density at radius 1 is 0.900 bits per heavy atom. The minimum Gasteiger partial charge on any atom is -0.497 e. The highest BCUT2D eigenvalue weighted by Crippen LogP contribution is 2.29. The van der Waals surface area contributed by atoms with Gasteiger partial charge in [0.15, 0.2) is 5.78 Å². The van der Waals surface area contributed by atoms with Crippen LogP contribution in [0.15, 0.2) is 78.9 Å². The number of benzene rings is 3. The number of hydrogen-bond acceptors (Lipinski definition) is 4. The molecule has 0 bridgehead atoms. The van der Waals surface area contributed by atoms with Crippen LogP contribution in [0.3, 0.4) is 0 Å². The molecule has 0 radical (unpaired) electrons. The Labute approximate surface area is 175 Å². The van der Waals surface area contributed by atoms with Crippen LogP contribution in [0.1, 0.15) is 40.2 Å². The lowest BCUT2D eigenvalue weighted by Crippen LogP contribution is -2.15. The fourth-order valence-corrected chi connectivity index (χ4v) is 3.23. The maximum atomic E-state index is 13.3. The van der Waals surface area contributed by atoms with Crippen LogP contribution in [-0.4, -0.2) is 24.0 Å². The summed E-state index contributed by atoms with van der Waals surface area (Å²) >= 11 is 0. The number of ether oxygens (including phenoxy) is 2. The molecular weight excluding hydrogens is 380 g/mol. The third-order valence-electron chi connectivity index (χ3n) is 4.85. The summed E-state index contributed by atoms with van der Waals surface area (Å²) in [5.74, 6) is -0.347. The van der Waals surface area contributed by atoms with Crippen LogP contribution in [0.5, 0.6) is 11.5 Å². The number of aliphatic carboxylic acids is 1. The second-order valence-electron chi connectivity index (χ2n) is 6.92. The third-order valence-corrected chi connectivity index (χ3v) is 4.85. The largest absolute Gasteiger partial charge is 0.497 e. The average Bonchev–Trinajstić information content (AvgIpc) is 2.79. The van der Waals surface area contributed by atoms with E-state index in [9.17, 15) is 9.59 Å². The number of ketones is 1. The number of methoxy groups -OCH3 is 1.